The molecule has 3 aromatic rings. The van der Waals surface area contributed by atoms with E-state index in [0.717, 1.165) is 19.4 Å². The lowest BCUT2D eigenvalue weighted by Crippen LogP contribution is -2.68. The highest BCUT2D eigenvalue weighted by molar-refractivity contribution is 5.89. The number of rotatable bonds is 4. The summed E-state index contributed by atoms with van der Waals surface area (Å²) in [6.45, 7) is 4.42. The van der Waals surface area contributed by atoms with Gasteiger partial charge in [0.15, 0.2) is 0 Å². The van der Waals surface area contributed by atoms with Crippen LogP contribution in [0.4, 0.5) is 14.9 Å². The van der Waals surface area contributed by atoms with E-state index in [1.807, 2.05) is 4.90 Å². The summed E-state index contributed by atoms with van der Waals surface area (Å²) in [6.07, 6.45) is 1.89. The first-order valence-electron chi connectivity index (χ1n) is 12.4. The molecule has 3 atom stereocenters. The second kappa shape index (κ2) is 10.2. The molecule has 3 aromatic carbocycles. The van der Waals surface area contributed by atoms with Gasteiger partial charge in [-0.15, -0.1) is 0 Å². The van der Waals surface area contributed by atoms with Gasteiger partial charge in [0.25, 0.3) is 0 Å². The van der Waals surface area contributed by atoms with Gasteiger partial charge >= 0.3 is 6.03 Å². The van der Waals surface area contributed by atoms with Crippen LogP contribution in [0.25, 0.3) is 11.1 Å². The van der Waals surface area contributed by atoms with Crippen LogP contribution in [0.2, 0.25) is 0 Å². The molecule has 2 N–H and O–H groups in total. The fourth-order valence-corrected chi connectivity index (χ4v) is 5.64. The molecule has 0 bridgehead atoms. The van der Waals surface area contributed by atoms with Crippen LogP contribution in [0.15, 0.2) is 72.8 Å². The van der Waals surface area contributed by atoms with Gasteiger partial charge in [0.1, 0.15) is 5.82 Å². The van der Waals surface area contributed by atoms with E-state index >= 15 is 0 Å². The Morgan fingerprint density at radius 1 is 1.00 bits per heavy atom. The first-order valence-corrected chi connectivity index (χ1v) is 12.4. The van der Waals surface area contributed by atoms with Gasteiger partial charge in [0.2, 0.25) is 0 Å². The Labute approximate surface area is 206 Å². The number of halogens is 1. The fraction of sp³-hybridized carbons (Fsp3) is 0.345. The van der Waals surface area contributed by atoms with Crippen LogP contribution in [0, 0.1) is 12.7 Å². The summed E-state index contributed by atoms with van der Waals surface area (Å²) in [6, 6.07) is 22.9. The van der Waals surface area contributed by atoms with E-state index in [4.69, 9.17) is 0 Å². The van der Waals surface area contributed by atoms with Crippen molar-refractivity contribution in [1.29, 1.82) is 0 Å². The molecule has 0 aliphatic carbocycles. The zero-order valence-corrected chi connectivity index (χ0v) is 20.0. The van der Waals surface area contributed by atoms with Gasteiger partial charge in [-0.2, -0.15) is 0 Å². The van der Waals surface area contributed by atoms with Gasteiger partial charge in [0, 0.05) is 36.8 Å². The summed E-state index contributed by atoms with van der Waals surface area (Å²) >= 11 is 0. The van der Waals surface area contributed by atoms with Crippen molar-refractivity contribution in [2.24, 2.45) is 0 Å². The molecule has 2 aliphatic rings. The summed E-state index contributed by atoms with van der Waals surface area (Å²) in [7, 11) is 0. The third-order valence-corrected chi connectivity index (χ3v) is 7.50. The van der Waals surface area contributed by atoms with Crippen LogP contribution in [0.5, 0.6) is 0 Å². The Morgan fingerprint density at radius 2 is 1.71 bits per heavy atom. The molecule has 2 heterocycles. The van der Waals surface area contributed by atoms with Gasteiger partial charge in [-0.25, -0.2) is 9.18 Å². The zero-order chi connectivity index (χ0) is 24.4. The van der Waals surface area contributed by atoms with Gasteiger partial charge in [-0.1, -0.05) is 48.5 Å². The number of amides is 2. The monoisotopic (exact) mass is 473 g/mol. The predicted octanol–water partition coefficient (Wildman–Crippen LogP) is 5.26. The third kappa shape index (κ3) is 4.81. The predicted molar refractivity (Wildman–Crippen MR) is 137 cm³/mol. The van der Waals surface area contributed by atoms with E-state index in [1.165, 1.54) is 34.4 Å². The first-order chi connectivity index (χ1) is 17.0. The smallest absolute Gasteiger partial charge is 0.321 e. The Morgan fingerprint density at radius 3 is 2.43 bits per heavy atom. The molecule has 182 valence electrons. The summed E-state index contributed by atoms with van der Waals surface area (Å²) < 4.78 is 13.2. The summed E-state index contributed by atoms with van der Waals surface area (Å²) in [5, 5.41) is 13.1. The minimum Gasteiger partial charge on any atom is -0.395 e. The van der Waals surface area contributed by atoms with Crippen LogP contribution in [0.1, 0.15) is 29.9 Å². The maximum Gasteiger partial charge on any atom is 0.321 e. The number of aryl methyl sites for hydroxylation is 1. The summed E-state index contributed by atoms with van der Waals surface area (Å²) in [4.78, 5) is 17.3. The van der Waals surface area contributed by atoms with Crippen molar-refractivity contribution in [2.45, 2.75) is 37.8 Å². The number of hydrogen-bond donors (Lipinski definition) is 2. The number of benzene rings is 3. The molecule has 6 heteroatoms. The quantitative estimate of drug-likeness (QED) is 0.544. The maximum absolute atomic E-state index is 13.2. The SMILES string of the molecule is Cc1ccccc1-c1ccc([C@H]2[C@@H](CO)N3CCCCN(C(=O)Nc4ccc(F)cc4)C[C@@H]23)cc1. The fourth-order valence-electron chi connectivity index (χ4n) is 5.64. The number of nitrogens with one attached hydrogen (secondary N) is 1. The molecule has 5 nitrogen and oxygen atoms in total. The van der Waals surface area contributed by atoms with Crippen molar-refractivity contribution in [3.05, 3.63) is 89.7 Å². The summed E-state index contributed by atoms with van der Waals surface area (Å²) in [5.41, 5.74) is 5.43. The average molecular weight is 474 g/mol. The van der Waals surface area contributed by atoms with E-state index in [-0.39, 0.29) is 36.5 Å². The second-order valence-corrected chi connectivity index (χ2v) is 9.61. The van der Waals surface area contributed by atoms with Crippen molar-refractivity contribution in [2.75, 3.05) is 31.6 Å². The number of hydrogen-bond acceptors (Lipinski definition) is 3. The molecule has 35 heavy (non-hydrogen) atoms. The molecule has 2 fully saturated rings. The standard InChI is InChI=1S/C29H32FN3O2/c1-20-6-2-3-7-25(20)21-8-10-22(11-9-21)28-26-18-32(16-4-5-17-33(26)27(28)19-34)29(35)31-24-14-12-23(30)13-15-24/h2-3,6-15,26-28,34H,4-5,16-19H2,1H3,(H,31,35)/t26-,27+,28+/m0/s1. The largest absolute Gasteiger partial charge is 0.395 e. The lowest BCUT2D eigenvalue weighted by Gasteiger charge is -2.57. The van der Waals surface area contributed by atoms with E-state index in [2.05, 4.69) is 65.7 Å². The molecule has 0 aromatic heterocycles. The lowest BCUT2D eigenvalue weighted by atomic mass is 9.74. The molecule has 0 saturated carbocycles. The van der Waals surface area contributed by atoms with Crippen LogP contribution in [-0.2, 0) is 0 Å². The van der Waals surface area contributed by atoms with Gasteiger partial charge in [0.05, 0.1) is 6.61 Å². The van der Waals surface area contributed by atoms with E-state index in [0.29, 0.717) is 18.8 Å². The number of aliphatic hydroxyl groups is 1. The van der Waals surface area contributed by atoms with Crippen LogP contribution >= 0.6 is 0 Å². The molecule has 5 rings (SSSR count). The zero-order valence-electron chi connectivity index (χ0n) is 20.0. The molecule has 2 saturated heterocycles. The number of urea groups is 1. The third-order valence-electron chi connectivity index (χ3n) is 7.50. The van der Waals surface area contributed by atoms with Crippen LogP contribution in [-0.4, -0.2) is 59.3 Å². The highest BCUT2D eigenvalue weighted by Crippen LogP contribution is 2.42. The Hall–Kier alpha value is -3.22. The summed E-state index contributed by atoms with van der Waals surface area (Å²) in [5.74, 6) is -0.171. The topological polar surface area (TPSA) is 55.8 Å². The van der Waals surface area contributed by atoms with Crippen molar-refractivity contribution in [1.82, 2.24) is 9.80 Å². The van der Waals surface area contributed by atoms with E-state index in [9.17, 15) is 14.3 Å². The van der Waals surface area contributed by atoms with Crippen molar-refractivity contribution in [3.8, 4) is 11.1 Å². The maximum atomic E-state index is 13.2. The first kappa shape index (κ1) is 23.5. The Balaban J connectivity index is 1.35. The van der Waals surface area contributed by atoms with Crippen molar-refractivity contribution < 1.29 is 14.3 Å². The highest BCUT2D eigenvalue weighted by Gasteiger charge is 2.49. The average Bonchev–Trinajstić information content (AvgIpc) is 2.85. The second-order valence-electron chi connectivity index (χ2n) is 9.61. The van der Waals surface area contributed by atoms with E-state index in [1.54, 1.807) is 12.1 Å². The number of fused-ring (bicyclic) bond motifs is 1. The lowest BCUT2D eigenvalue weighted by molar-refractivity contribution is -0.0585. The van der Waals surface area contributed by atoms with Gasteiger partial charge in [-0.3, -0.25) is 4.90 Å². The van der Waals surface area contributed by atoms with Crippen molar-refractivity contribution >= 4 is 11.7 Å². The number of carbonyl (C=O) groups excluding carboxylic acids is 1. The van der Waals surface area contributed by atoms with Gasteiger partial charge in [-0.05, 0) is 72.8 Å². The molecule has 0 radical (unpaired) electrons. The molecular formula is C29H32FN3O2. The van der Waals surface area contributed by atoms with Crippen LogP contribution in [0.3, 0.4) is 0 Å². The molecular weight excluding hydrogens is 441 g/mol. The van der Waals surface area contributed by atoms with Crippen LogP contribution < -0.4 is 5.32 Å². The number of aliphatic hydroxyl groups excluding tert-OH is 1. The number of nitrogens with zero attached hydrogens (tertiary/aromatic N) is 2. The highest BCUT2D eigenvalue weighted by atomic mass is 19.1. The van der Waals surface area contributed by atoms with Gasteiger partial charge < -0.3 is 15.3 Å². The minimum atomic E-state index is -0.328. The molecule has 0 unspecified atom stereocenters. The van der Waals surface area contributed by atoms with E-state index < -0.39 is 0 Å². The molecule has 2 aliphatic heterocycles. The molecule has 2 amide bonds. The molecule has 0 spiro atoms. The normalized spacial score (nSPS) is 22.5. The number of carbonyl (C=O) groups is 1. The van der Waals surface area contributed by atoms with Crippen molar-refractivity contribution in [3.63, 3.8) is 0 Å². The number of anilines is 1. The Bertz CT molecular complexity index is 1170. The Kier molecular flexibility index (Phi) is 6.84. The minimum absolute atomic E-state index is 0.0596.